The van der Waals surface area contributed by atoms with E-state index in [4.69, 9.17) is 33.2 Å². The van der Waals surface area contributed by atoms with Crippen LogP contribution in [0.2, 0.25) is 10.0 Å². The molecule has 2 fully saturated rings. The van der Waals surface area contributed by atoms with Crippen LogP contribution in [-0.2, 0) is 26.2 Å². The lowest BCUT2D eigenvalue weighted by Gasteiger charge is -2.37. The molecule has 6 aromatic rings. The van der Waals surface area contributed by atoms with E-state index in [0.717, 1.165) is 27.2 Å². The van der Waals surface area contributed by atoms with Gasteiger partial charge in [-0.05, 0) is 60.7 Å². The van der Waals surface area contributed by atoms with Crippen molar-refractivity contribution in [1.29, 1.82) is 0 Å². The maximum Gasteiger partial charge on any atom is 0.417 e. The number of alkyl halides is 3. The Labute approximate surface area is 356 Å². The van der Waals surface area contributed by atoms with E-state index in [1.807, 2.05) is 46.2 Å². The lowest BCUT2D eigenvalue weighted by molar-refractivity contribution is -0.137. The zero-order valence-corrected chi connectivity index (χ0v) is 35.4. The number of ketones is 1. The molecule has 0 spiro atoms. The van der Waals surface area contributed by atoms with Gasteiger partial charge < -0.3 is 9.80 Å². The molecule has 0 bridgehead atoms. The fourth-order valence-corrected chi connectivity index (χ4v) is 11.4. The molecule has 0 amide bonds. The van der Waals surface area contributed by atoms with Gasteiger partial charge in [0.25, 0.3) is 0 Å². The van der Waals surface area contributed by atoms with Crippen LogP contribution >= 0.6 is 39.1 Å². The quantitative estimate of drug-likeness (QED) is 0.139. The normalized spacial score (nSPS) is 16.2. The minimum Gasteiger partial charge on any atom is -0.367 e. The monoisotopic (exact) mass is 946 g/mol. The summed E-state index contributed by atoms with van der Waals surface area (Å²) in [6.45, 7) is 0.688. The summed E-state index contributed by atoms with van der Waals surface area (Å²) >= 11 is 15.4. The Kier molecular flexibility index (Phi) is 11.2. The molecule has 0 atom stereocenters. The number of fused-ring (bicyclic) bond motifs is 2. The van der Waals surface area contributed by atoms with Gasteiger partial charge in [0.05, 0.1) is 42.9 Å². The van der Waals surface area contributed by atoms with E-state index in [1.54, 1.807) is 30.3 Å². The summed E-state index contributed by atoms with van der Waals surface area (Å²) in [5, 5.41) is 0.979. The van der Waals surface area contributed by atoms with Crippen molar-refractivity contribution in [3.8, 4) is 0 Å². The van der Waals surface area contributed by atoms with Crippen LogP contribution in [0.4, 0.5) is 24.5 Å². The number of nitrogens with zero attached hydrogens (tertiary/aromatic N) is 6. The topological polar surface area (TPSA) is 124 Å². The van der Waals surface area contributed by atoms with Gasteiger partial charge in [0.2, 0.25) is 25.8 Å². The Morgan fingerprint density at radius 3 is 1.59 bits per heavy atom. The molecule has 0 aliphatic carbocycles. The number of hydrogen-bond donors (Lipinski definition) is 0. The van der Waals surface area contributed by atoms with Crippen molar-refractivity contribution in [2.75, 3.05) is 62.2 Å². The van der Waals surface area contributed by atoms with E-state index >= 15 is 0 Å². The molecule has 0 radical (unpaired) electrons. The van der Waals surface area contributed by atoms with E-state index in [0.29, 0.717) is 32.9 Å². The number of benzene rings is 4. The smallest absolute Gasteiger partial charge is 0.367 e. The van der Waals surface area contributed by atoms with Crippen LogP contribution in [0.15, 0.2) is 111 Å². The van der Waals surface area contributed by atoms with Crippen molar-refractivity contribution in [2.45, 2.75) is 16.0 Å². The summed E-state index contributed by atoms with van der Waals surface area (Å²) in [6, 6.07) is 25.3. The second-order valence-electron chi connectivity index (χ2n) is 13.9. The van der Waals surface area contributed by atoms with Crippen molar-refractivity contribution >= 4 is 98.1 Å². The molecule has 0 unspecified atom stereocenters. The fraction of sp³-hybridized carbons (Fsp3) is 0.225. The molecule has 19 heteroatoms. The van der Waals surface area contributed by atoms with E-state index in [-0.39, 0.29) is 73.7 Å². The number of para-hydroxylation sites is 2. The number of carbonyl (C=O) groups excluding carboxylic acids is 1. The molecule has 4 heterocycles. The summed E-state index contributed by atoms with van der Waals surface area (Å²) < 4.78 is 98.4. The molecule has 11 nitrogen and oxygen atoms in total. The number of carbonyl (C=O) groups is 1. The molecule has 2 aliphatic heterocycles. The number of aromatic nitrogens is 2. The van der Waals surface area contributed by atoms with Crippen LogP contribution in [-0.4, -0.2) is 93.6 Å². The van der Waals surface area contributed by atoms with E-state index < -0.39 is 47.5 Å². The molecule has 306 valence electrons. The van der Waals surface area contributed by atoms with Crippen LogP contribution in [0.3, 0.4) is 0 Å². The third-order valence-electron chi connectivity index (χ3n) is 10.4. The van der Waals surface area contributed by atoms with Gasteiger partial charge in [0.1, 0.15) is 16.3 Å². The van der Waals surface area contributed by atoms with Crippen LogP contribution in [0, 0.1) is 0 Å². The van der Waals surface area contributed by atoms with Crippen molar-refractivity contribution < 1.29 is 34.8 Å². The largest absolute Gasteiger partial charge is 0.417 e. The first kappa shape index (κ1) is 41.4. The average molecular weight is 949 g/mol. The van der Waals surface area contributed by atoms with E-state index in [1.165, 1.54) is 16.4 Å². The van der Waals surface area contributed by atoms with Gasteiger partial charge in [-0.25, -0.2) is 26.8 Å². The highest BCUT2D eigenvalue weighted by Crippen LogP contribution is 2.38. The fourth-order valence-electron chi connectivity index (χ4n) is 7.33. The number of anilines is 2. The summed E-state index contributed by atoms with van der Waals surface area (Å²) in [5.74, 6) is -0.501. The molecule has 2 saturated heterocycles. The van der Waals surface area contributed by atoms with Crippen LogP contribution in [0.25, 0.3) is 21.8 Å². The van der Waals surface area contributed by atoms with Gasteiger partial charge in [-0.3, -0.25) is 4.79 Å². The Hall–Kier alpha value is -4.36. The van der Waals surface area contributed by atoms with Crippen molar-refractivity contribution in [3.05, 3.63) is 129 Å². The van der Waals surface area contributed by atoms with Crippen molar-refractivity contribution in [2.24, 2.45) is 0 Å². The first-order valence-electron chi connectivity index (χ1n) is 18.2. The van der Waals surface area contributed by atoms with Crippen molar-refractivity contribution in [1.82, 2.24) is 18.6 Å². The minimum atomic E-state index is -4.85. The summed E-state index contributed by atoms with van der Waals surface area (Å²) in [5.41, 5.74) is 0.945. The van der Waals surface area contributed by atoms with Gasteiger partial charge in [-0.2, -0.15) is 21.8 Å². The number of halogens is 6. The summed E-state index contributed by atoms with van der Waals surface area (Å²) in [4.78, 5) is 27.9. The molecule has 2 aliphatic rings. The standard InChI is InChI=1S/C40H32BrCl2F3N6O5S2/c41-27-9-12-36(31(43)23-27)59(56,57)52-19-15-50(16-20-52)35-22-26-6-2-4-8-33(26)48-38(35)39(53)37-34(21-25-5-1-3-7-32(25)47-37)49-13-17-51(18-14-49)58(54,55)28-10-11-30(42)29(24-28)40(44,45)46/h1-12,21-24H,13-20H2. The van der Waals surface area contributed by atoms with Gasteiger partial charge in [0.15, 0.2) is 0 Å². The Bertz CT molecular complexity index is 2870. The third-order valence-corrected chi connectivity index (χ3v) is 15.5. The second-order valence-corrected chi connectivity index (χ2v) is 19.5. The molecule has 0 saturated carbocycles. The highest BCUT2D eigenvalue weighted by atomic mass is 79.9. The lowest BCUT2D eigenvalue weighted by atomic mass is 10.0. The SMILES string of the molecule is O=C(c1nc2ccccc2cc1N1CCN(S(=O)(=O)c2ccc(Cl)c(C(F)(F)F)c2)CC1)c1nc2ccccc2cc1N1CCN(S(=O)(=O)c2ccc(Br)cc2Cl)CC1. The highest BCUT2D eigenvalue weighted by molar-refractivity contribution is 9.10. The molecular formula is C40H32BrCl2F3N6O5S2. The van der Waals surface area contributed by atoms with E-state index in [9.17, 15) is 34.8 Å². The van der Waals surface area contributed by atoms with E-state index in [2.05, 4.69) is 15.9 Å². The van der Waals surface area contributed by atoms with Gasteiger partial charge >= 0.3 is 6.18 Å². The summed E-state index contributed by atoms with van der Waals surface area (Å²) in [7, 11) is -8.28. The summed E-state index contributed by atoms with van der Waals surface area (Å²) in [6.07, 6.45) is -4.85. The molecule has 2 aromatic heterocycles. The van der Waals surface area contributed by atoms with Gasteiger partial charge in [-0.1, -0.05) is 75.5 Å². The molecule has 4 aromatic carbocycles. The number of pyridine rings is 2. The third kappa shape index (κ3) is 8.01. The first-order valence-corrected chi connectivity index (χ1v) is 22.6. The number of rotatable bonds is 8. The van der Waals surface area contributed by atoms with Crippen LogP contribution in [0.1, 0.15) is 21.7 Å². The average Bonchev–Trinajstić information content (AvgIpc) is 3.22. The molecule has 8 rings (SSSR count). The van der Waals surface area contributed by atoms with Gasteiger partial charge in [-0.15, -0.1) is 0 Å². The van der Waals surface area contributed by atoms with Crippen LogP contribution < -0.4 is 9.80 Å². The number of hydrogen-bond acceptors (Lipinski definition) is 9. The van der Waals surface area contributed by atoms with Crippen molar-refractivity contribution in [3.63, 3.8) is 0 Å². The number of sulfonamides is 2. The van der Waals surface area contributed by atoms with Crippen LogP contribution in [0.5, 0.6) is 0 Å². The zero-order chi connectivity index (χ0) is 41.9. The second kappa shape index (κ2) is 15.9. The van der Waals surface area contributed by atoms with Gasteiger partial charge in [0, 0.05) is 67.6 Å². The molecular weight excluding hydrogens is 916 g/mol. The Morgan fingerprint density at radius 1 is 0.610 bits per heavy atom. The number of piperazine rings is 2. The minimum absolute atomic E-state index is 0.00651. The molecule has 0 N–H and O–H groups in total. The predicted molar refractivity (Wildman–Crippen MR) is 224 cm³/mol. The maximum absolute atomic E-state index is 15.0. The lowest BCUT2D eigenvalue weighted by Crippen LogP contribution is -2.49. The Balaban J connectivity index is 1.11. The maximum atomic E-state index is 15.0. The highest BCUT2D eigenvalue weighted by Gasteiger charge is 2.37. The predicted octanol–water partition coefficient (Wildman–Crippen LogP) is 8.12. The first-order chi connectivity index (χ1) is 28.0. The molecule has 59 heavy (non-hydrogen) atoms. The zero-order valence-electron chi connectivity index (χ0n) is 30.7. The Morgan fingerprint density at radius 2 is 1.10 bits per heavy atom.